The summed E-state index contributed by atoms with van der Waals surface area (Å²) in [4.78, 5) is -0.727. The summed E-state index contributed by atoms with van der Waals surface area (Å²) in [7, 11) is -4.12. The molecule has 0 atom stereocenters. The SMILES string of the molecule is N#Cc1c(O)cc(S(=O)(=O)c2ccccc2)c(O)c1C#N. The van der Waals surface area contributed by atoms with E-state index in [9.17, 15) is 18.6 Å². The minimum atomic E-state index is -4.12. The molecule has 0 radical (unpaired) electrons. The van der Waals surface area contributed by atoms with Gasteiger partial charge in [0.1, 0.15) is 33.9 Å². The van der Waals surface area contributed by atoms with Crippen LogP contribution in [0.4, 0.5) is 0 Å². The van der Waals surface area contributed by atoms with Crippen LogP contribution in [0.5, 0.6) is 11.5 Å². The van der Waals surface area contributed by atoms with Crippen molar-refractivity contribution >= 4 is 9.84 Å². The zero-order valence-electron chi connectivity index (χ0n) is 10.5. The van der Waals surface area contributed by atoms with Crippen LogP contribution in [0.2, 0.25) is 0 Å². The first-order valence-corrected chi connectivity index (χ1v) is 7.11. The molecule has 0 aliphatic rings. The highest BCUT2D eigenvalue weighted by atomic mass is 32.2. The monoisotopic (exact) mass is 300 g/mol. The van der Waals surface area contributed by atoms with Gasteiger partial charge in [0.2, 0.25) is 9.84 Å². The van der Waals surface area contributed by atoms with Crippen molar-refractivity contribution in [1.82, 2.24) is 0 Å². The van der Waals surface area contributed by atoms with Gasteiger partial charge in [-0.15, -0.1) is 0 Å². The maximum Gasteiger partial charge on any atom is 0.210 e. The third-order valence-electron chi connectivity index (χ3n) is 2.81. The molecular formula is C14H8N2O4S. The first kappa shape index (κ1) is 14.4. The molecule has 6 nitrogen and oxygen atoms in total. The van der Waals surface area contributed by atoms with Crippen molar-refractivity contribution in [3.63, 3.8) is 0 Å². The zero-order valence-corrected chi connectivity index (χ0v) is 11.3. The minimum absolute atomic E-state index is 0.103. The second-order valence-corrected chi connectivity index (χ2v) is 5.95. The van der Waals surface area contributed by atoms with Gasteiger partial charge < -0.3 is 10.2 Å². The van der Waals surface area contributed by atoms with Gasteiger partial charge in [-0.2, -0.15) is 10.5 Å². The summed E-state index contributed by atoms with van der Waals surface area (Å²) in [6.45, 7) is 0. The van der Waals surface area contributed by atoms with Crippen LogP contribution in [-0.4, -0.2) is 18.6 Å². The van der Waals surface area contributed by atoms with E-state index in [1.54, 1.807) is 12.1 Å². The number of nitriles is 2. The van der Waals surface area contributed by atoms with Gasteiger partial charge in [-0.1, -0.05) is 18.2 Å². The van der Waals surface area contributed by atoms with Gasteiger partial charge in [0.25, 0.3) is 0 Å². The van der Waals surface area contributed by atoms with Crippen LogP contribution in [0.25, 0.3) is 0 Å². The van der Waals surface area contributed by atoms with Crippen LogP contribution in [0.1, 0.15) is 11.1 Å². The third kappa shape index (κ3) is 2.27. The highest BCUT2D eigenvalue weighted by molar-refractivity contribution is 7.91. The molecule has 0 amide bonds. The molecule has 0 spiro atoms. The standard InChI is InChI=1S/C14H8N2O4S/c15-7-10-11(8-16)14(18)13(6-12(10)17)21(19,20)9-4-2-1-3-5-9/h1-6,17-18H. The van der Waals surface area contributed by atoms with Crippen LogP contribution < -0.4 is 0 Å². The summed E-state index contributed by atoms with van der Waals surface area (Å²) in [5.74, 6) is -1.53. The number of rotatable bonds is 2. The van der Waals surface area contributed by atoms with Crippen LogP contribution in [-0.2, 0) is 9.84 Å². The molecule has 0 aliphatic heterocycles. The summed E-state index contributed by atoms with van der Waals surface area (Å²) in [6, 6.07) is 11.1. The first-order valence-electron chi connectivity index (χ1n) is 5.62. The lowest BCUT2D eigenvalue weighted by molar-refractivity contribution is 0.442. The second kappa shape index (κ2) is 5.16. The summed E-state index contributed by atoms with van der Waals surface area (Å²) >= 11 is 0. The van der Waals surface area contributed by atoms with Crippen molar-refractivity contribution in [2.24, 2.45) is 0 Å². The van der Waals surface area contributed by atoms with Crippen molar-refractivity contribution in [3.8, 4) is 23.6 Å². The van der Waals surface area contributed by atoms with Gasteiger partial charge in [0.05, 0.1) is 4.90 Å². The van der Waals surface area contributed by atoms with Crippen LogP contribution >= 0.6 is 0 Å². The Labute approximate surface area is 120 Å². The molecule has 0 aromatic heterocycles. The number of phenolic OH excluding ortho intramolecular Hbond substituents is 2. The third-order valence-corrected chi connectivity index (χ3v) is 4.59. The van der Waals surface area contributed by atoms with Gasteiger partial charge in [-0.05, 0) is 12.1 Å². The van der Waals surface area contributed by atoms with Gasteiger partial charge in [-0.25, -0.2) is 8.42 Å². The molecule has 0 bridgehead atoms. The summed E-state index contributed by atoms with van der Waals surface area (Å²) in [5, 5.41) is 37.4. The van der Waals surface area contributed by atoms with Crippen molar-refractivity contribution in [1.29, 1.82) is 10.5 Å². The van der Waals surface area contributed by atoms with E-state index < -0.39 is 37.4 Å². The van der Waals surface area contributed by atoms with E-state index in [2.05, 4.69) is 0 Å². The van der Waals surface area contributed by atoms with E-state index in [0.29, 0.717) is 0 Å². The van der Waals surface area contributed by atoms with E-state index in [0.717, 1.165) is 6.07 Å². The molecule has 0 saturated heterocycles. The van der Waals surface area contributed by atoms with Crippen LogP contribution in [0.15, 0.2) is 46.2 Å². The maximum atomic E-state index is 12.4. The van der Waals surface area contributed by atoms with E-state index in [1.165, 1.54) is 30.3 Å². The number of sulfone groups is 1. The van der Waals surface area contributed by atoms with Crippen molar-refractivity contribution in [2.45, 2.75) is 9.79 Å². The Morgan fingerprint density at radius 2 is 1.52 bits per heavy atom. The Morgan fingerprint density at radius 3 is 2.05 bits per heavy atom. The lowest BCUT2D eigenvalue weighted by atomic mass is 10.1. The molecule has 2 aromatic carbocycles. The predicted molar refractivity (Wildman–Crippen MR) is 71.1 cm³/mol. The zero-order chi connectivity index (χ0) is 15.6. The Bertz CT molecular complexity index is 891. The smallest absolute Gasteiger partial charge is 0.210 e. The Kier molecular flexibility index (Phi) is 3.53. The van der Waals surface area contributed by atoms with Gasteiger partial charge in [0, 0.05) is 6.07 Å². The lowest BCUT2D eigenvalue weighted by Crippen LogP contribution is -2.04. The molecule has 2 N–H and O–H groups in total. The van der Waals surface area contributed by atoms with Gasteiger partial charge in [-0.3, -0.25) is 0 Å². The maximum absolute atomic E-state index is 12.4. The van der Waals surface area contributed by atoms with Crippen molar-refractivity contribution in [2.75, 3.05) is 0 Å². The summed E-state index contributed by atoms with van der Waals surface area (Å²) in [6.07, 6.45) is 0. The van der Waals surface area contributed by atoms with E-state index in [-0.39, 0.29) is 4.90 Å². The molecule has 0 unspecified atom stereocenters. The number of hydrogen-bond donors (Lipinski definition) is 2. The molecule has 2 rings (SSSR count). The molecule has 104 valence electrons. The highest BCUT2D eigenvalue weighted by Crippen LogP contribution is 2.37. The van der Waals surface area contributed by atoms with Crippen LogP contribution in [0.3, 0.4) is 0 Å². The number of nitrogens with zero attached hydrogens (tertiary/aromatic N) is 2. The molecule has 0 fully saturated rings. The Hall–Kier alpha value is -3.03. The van der Waals surface area contributed by atoms with Crippen molar-refractivity contribution in [3.05, 3.63) is 47.5 Å². The summed E-state index contributed by atoms with van der Waals surface area (Å²) in [5.41, 5.74) is -1.05. The normalized spacial score (nSPS) is 10.6. The molecule has 0 heterocycles. The average molecular weight is 300 g/mol. The first-order chi connectivity index (χ1) is 9.93. The van der Waals surface area contributed by atoms with E-state index in [1.807, 2.05) is 0 Å². The number of phenols is 2. The second-order valence-electron chi connectivity index (χ2n) is 4.03. The van der Waals surface area contributed by atoms with Crippen molar-refractivity contribution < 1.29 is 18.6 Å². The van der Waals surface area contributed by atoms with Gasteiger partial charge >= 0.3 is 0 Å². The average Bonchev–Trinajstić information content (AvgIpc) is 2.49. The number of aromatic hydroxyl groups is 2. The molecule has 2 aromatic rings. The predicted octanol–water partition coefficient (Wildman–Crippen LogP) is 1.67. The topological polar surface area (TPSA) is 122 Å². The minimum Gasteiger partial charge on any atom is -0.506 e. The van der Waals surface area contributed by atoms with E-state index >= 15 is 0 Å². The molecule has 21 heavy (non-hydrogen) atoms. The van der Waals surface area contributed by atoms with E-state index in [4.69, 9.17) is 10.5 Å². The fourth-order valence-corrected chi connectivity index (χ4v) is 3.18. The fourth-order valence-electron chi connectivity index (χ4n) is 1.79. The van der Waals surface area contributed by atoms with Gasteiger partial charge in [0.15, 0.2) is 5.75 Å². The molecule has 0 aliphatic carbocycles. The Morgan fingerprint density at radius 1 is 0.952 bits per heavy atom. The number of hydrogen-bond acceptors (Lipinski definition) is 6. The number of benzene rings is 2. The highest BCUT2D eigenvalue weighted by Gasteiger charge is 2.27. The quantitative estimate of drug-likeness (QED) is 0.813. The fraction of sp³-hybridized carbons (Fsp3) is 0. The molecule has 7 heteroatoms. The lowest BCUT2D eigenvalue weighted by Gasteiger charge is -2.10. The Balaban J connectivity index is 2.82. The van der Waals surface area contributed by atoms with Crippen LogP contribution in [0, 0.1) is 22.7 Å². The summed E-state index contributed by atoms with van der Waals surface area (Å²) < 4.78 is 24.8. The molecule has 0 saturated carbocycles. The largest absolute Gasteiger partial charge is 0.506 e. The molecular weight excluding hydrogens is 292 g/mol.